The number of thioether (sulfide) groups is 1. The molecule has 0 N–H and O–H groups in total. The smallest absolute Gasteiger partial charge is 1.00 e. The van der Waals surface area contributed by atoms with E-state index in [1.54, 1.807) is 9.77 Å². The van der Waals surface area contributed by atoms with Gasteiger partial charge in [-0.1, -0.05) is 0 Å². The Hall–Kier alpha value is -0.337. The van der Waals surface area contributed by atoms with Gasteiger partial charge in [-0.05, 0) is 0 Å². The summed E-state index contributed by atoms with van der Waals surface area (Å²) in [6, 6.07) is 0.506. The molecule has 1 aliphatic heterocycles. The van der Waals surface area contributed by atoms with Crippen LogP contribution >= 0.6 is 11.8 Å². The third-order valence-corrected chi connectivity index (χ3v) is 14.0. The standard InChI is InChI=1S/C10H12N.C9H7S.C3H6.2ClH.Zr/c1-7-4-9-6-8(2)11(3)10(9)5-7;1-10-9-6-5-7-3-2-4-8(7)9;1-3-2;;;/h5-6,8H,1-3H3;2-3,5-6H,1H3;1-2H3;2*1H;/q;;;;;+2/p-2. The van der Waals surface area contributed by atoms with Gasteiger partial charge in [0.15, 0.2) is 0 Å². The summed E-state index contributed by atoms with van der Waals surface area (Å²) >= 11 is -0.216. The fraction of sp³-hybridized carbons (Fsp3) is 0.318. The molecule has 0 saturated carbocycles. The molecule has 0 amide bonds. The summed E-state index contributed by atoms with van der Waals surface area (Å²) in [7, 11) is 2.23. The second-order valence-corrected chi connectivity index (χ2v) is 15.1. The summed E-state index contributed by atoms with van der Waals surface area (Å²) in [6.45, 7) is 9.37. The Morgan fingerprint density at radius 2 is 1.85 bits per heavy atom. The number of halogens is 2. The minimum Gasteiger partial charge on any atom is -1.00 e. The maximum atomic E-state index is 2.49. The molecule has 5 heteroatoms. The molecule has 0 aromatic carbocycles. The van der Waals surface area contributed by atoms with Gasteiger partial charge in [0.1, 0.15) is 0 Å². The molecule has 1 heterocycles. The first-order valence-electron chi connectivity index (χ1n) is 8.89. The van der Waals surface area contributed by atoms with Gasteiger partial charge in [-0.2, -0.15) is 0 Å². The van der Waals surface area contributed by atoms with Crippen LogP contribution in [0.15, 0.2) is 75.9 Å². The number of hydrogen-bond acceptors (Lipinski definition) is 2. The third kappa shape index (κ3) is 3.55. The van der Waals surface area contributed by atoms with Crippen molar-refractivity contribution in [3.63, 3.8) is 0 Å². The first-order valence-corrected chi connectivity index (χ1v) is 13.8. The van der Waals surface area contributed by atoms with Gasteiger partial charge >= 0.3 is 164 Å². The van der Waals surface area contributed by atoms with Crippen molar-refractivity contribution in [2.75, 3.05) is 13.3 Å². The van der Waals surface area contributed by atoms with Crippen LogP contribution in [-0.2, 0) is 21.3 Å². The van der Waals surface area contributed by atoms with Gasteiger partial charge in [0, 0.05) is 0 Å². The van der Waals surface area contributed by atoms with Crippen molar-refractivity contribution in [2.45, 2.75) is 33.7 Å². The van der Waals surface area contributed by atoms with E-state index in [1.807, 2.05) is 11.8 Å². The zero-order valence-corrected chi connectivity index (χ0v) is 21.4. The van der Waals surface area contributed by atoms with Crippen LogP contribution in [0, 0.1) is 0 Å². The van der Waals surface area contributed by atoms with E-state index in [0.29, 0.717) is 6.04 Å². The molecule has 142 valence electrons. The minimum absolute atomic E-state index is 0. The molecule has 3 aliphatic carbocycles. The van der Waals surface area contributed by atoms with Crippen molar-refractivity contribution < 1.29 is 46.1 Å². The summed E-state index contributed by atoms with van der Waals surface area (Å²) < 4.78 is 5.03. The first kappa shape index (κ1) is 22.9. The van der Waals surface area contributed by atoms with Crippen LogP contribution in [0.3, 0.4) is 0 Å². The van der Waals surface area contributed by atoms with E-state index >= 15 is 0 Å². The van der Waals surface area contributed by atoms with Gasteiger partial charge in [0.25, 0.3) is 0 Å². The molecule has 0 bridgehead atoms. The van der Waals surface area contributed by atoms with E-state index < -0.39 is 21.3 Å². The summed E-state index contributed by atoms with van der Waals surface area (Å²) in [6.07, 6.45) is 16.5. The van der Waals surface area contributed by atoms with Gasteiger partial charge in [-0.25, -0.2) is 0 Å². The van der Waals surface area contributed by atoms with E-state index in [2.05, 4.69) is 82.4 Å². The fourth-order valence-corrected chi connectivity index (χ4v) is 12.6. The maximum Gasteiger partial charge on any atom is -1.00 e. The minimum atomic E-state index is -2.10. The zero-order chi connectivity index (χ0) is 17.9. The Morgan fingerprint density at radius 3 is 2.48 bits per heavy atom. The van der Waals surface area contributed by atoms with E-state index in [-0.39, 0.29) is 24.8 Å². The van der Waals surface area contributed by atoms with Gasteiger partial charge in [0.2, 0.25) is 0 Å². The predicted octanol–water partition coefficient (Wildman–Crippen LogP) is -0.733. The Kier molecular flexibility index (Phi) is 7.29. The van der Waals surface area contributed by atoms with E-state index in [4.69, 9.17) is 0 Å². The molecule has 4 aliphatic rings. The number of likely N-dealkylation sites (N-methyl/N-ethyl adjacent to an activating group) is 1. The molecular formula is C22H25Cl2NSZr. The Balaban J connectivity index is 0.00000131. The van der Waals surface area contributed by atoms with Gasteiger partial charge < -0.3 is 24.8 Å². The Labute approximate surface area is 187 Å². The van der Waals surface area contributed by atoms with Gasteiger partial charge in [0.05, 0.1) is 0 Å². The van der Waals surface area contributed by atoms with Gasteiger partial charge in [-0.3, -0.25) is 0 Å². The van der Waals surface area contributed by atoms with Crippen molar-refractivity contribution in [3.8, 4) is 0 Å². The summed E-state index contributed by atoms with van der Waals surface area (Å²) in [5.74, 6) is 0. The van der Waals surface area contributed by atoms with Crippen molar-refractivity contribution in [3.05, 3.63) is 75.9 Å². The molecule has 0 radical (unpaired) electrons. The van der Waals surface area contributed by atoms with Crippen LogP contribution in [0.5, 0.6) is 0 Å². The fourth-order valence-electron chi connectivity index (χ4n) is 4.25. The molecule has 1 nitrogen and oxygen atoms in total. The largest absolute Gasteiger partial charge is 1.00 e. The molecule has 0 saturated heterocycles. The topological polar surface area (TPSA) is 3.24 Å². The van der Waals surface area contributed by atoms with Crippen LogP contribution in [-0.4, -0.2) is 27.5 Å². The SMILES string of the molecule is CSC1=C2C(=CC=[C]2[Zr+2]([C]2=C(C)C=C3C2=CC(C)N3C)=[C](C)C)C=C1.[Cl-].[Cl-]. The first-order chi connectivity index (χ1) is 11.9. The van der Waals surface area contributed by atoms with Crippen LogP contribution in [0.25, 0.3) is 0 Å². The molecule has 1 unspecified atom stereocenters. The van der Waals surface area contributed by atoms with E-state index in [9.17, 15) is 0 Å². The molecule has 0 aromatic rings. The zero-order valence-electron chi connectivity index (χ0n) is 16.7. The Morgan fingerprint density at radius 1 is 1.15 bits per heavy atom. The average Bonchev–Trinajstić information content (AvgIpc) is 3.28. The maximum absolute atomic E-state index is 2.49. The van der Waals surface area contributed by atoms with Crippen molar-refractivity contribution >= 4 is 15.0 Å². The van der Waals surface area contributed by atoms with Crippen LogP contribution in [0.2, 0.25) is 0 Å². The average molecular weight is 498 g/mol. The predicted molar refractivity (Wildman–Crippen MR) is 108 cm³/mol. The Bertz CT molecular complexity index is 937. The molecule has 0 spiro atoms. The second-order valence-electron chi connectivity index (χ2n) is 7.37. The van der Waals surface area contributed by atoms with Crippen LogP contribution in [0.4, 0.5) is 0 Å². The third-order valence-electron chi connectivity index (χ3n) is 5.58. The molecule has 0 fully saturated rings. The normalized spacial score (nSPS) is 21.7. The molecule has 1 atom stereocenters. The van der Waals surface area contributed by atoms with Crippen molar-refractivity contribution in [2.24, 2.45) is 0 Å². The van der Waals surface area contributed by atoms with Gasteiger partial charge in [-0.15, -0.1) is 0 Å². The second kappa shape index (κ2) is 8.58. The number of fused-ring (bicyclic) bond motifs is 2. The summed E-state index contributed by atoms with van der Waals surface area (Å²) in [5, 5.41) is 0. The van der Waals surface area contributed by atoms with Crippen molar-refractivity contribution in [1.82, 2.24) is 4.90 Å². The molecule has 4 rings (SSSR count). The number of allylic oxidation sites excluding steroid dienone is 10. The van der Waals surface area contributed by atoms with Crippen LogP contribution in [0.1, 0.15) is 27.7 Å². The number of rotatable bonds is 3. The quantitative estimate of drug-likeness (QED) is 0.506. The summed E-state index contributed by atoms with van der Waals surface area (Å²) in [5.41, 5.74) is 7.44. The number of hydrogen-bond donors (Lipinski definition) is 0. The molecule has 0 aromatic heterocycles. The van der Waals surface area contributed by atoms with Crippen molar-refractivity contribution in [1.29, 1.82) is 0 Å². The molecule has 27 heavy (non-hydrogen) atoms. The van der Waals surface area contributed by atoms with Crippen LogP contribution < -0.4 is 24.8 Å². The number of nitrogens with zero attached hydrogens (tertiary/aromatic N) is 1. The van der Waals surface area contributed by atoms with E-state index in [0.717, 1.165) is 0 Å². The van der Waals surface area contributed by atoms with E-state index in [1.165, 1.54) is 32.9 Å². The summed E-state index contributed by atoms with van der Waals surface area (Å²) in [4.78, 5) is 3.87. The monoisotopic (exact) mass is 495 g/mol. The molecular weight excluding hydrogens is 472 g/mol.